The molecule has 0 aliphatic carbocycles. The Morgan fingerprint density at radius 2 is 1.16 bits per heavy atom. The summed E-state index contributed by atoms with van der Waals surface area (Å²) in [5.41, 5.74) is 6.01. The van der Waals surface area contributed by atoms with E-state index in [2.05, 4.69) is 41.0 Å². The van der Waals surface area contributed by atoms with Gasteiger partial charge in [0.1, 0.15) is 5.82 Å². The molecule has 4 nitrogen and oxygen atoms in total. The molecule has 0 saturated heterocycles. The molecular weight excluding hydrogens is 396 g/mol. The van der Waals surface area contributed by atoms with Crippen molar-refractivity contribution < 1.29 is 9.90 Å². The first kappa shape index (κ1) is 19.5. The van der Waals surface area contributed by atoms with Gasteiger partial charge in [-0.15, -0.1) is 0 Å². The fraction of sp³-hybridized carbons (Fsp3) is 0. The molecule has 0 spiro atoms. The summed E-state index contributed by atoms with van der Waals surface area (Å²) in [6.07, 6.45) is 0. The van der Waals surface area contributed by atoms with Gasteiger partial charge in [-0.2, -0.15) is 0 Å². The number of carbonyl (C=O) groups is 1. The monoisotopic (exact) mass is 416 g/mol. The third-order valence-corrected chi connectivity index (χ3v) is 5.38. The van der Waals surface area contributed by atoms with E-state index >= 15 is 0 Å². The molecule has 4 heteroatoms. The van der Waals surface area contributed by atoms with Crippen LogP contribution in [0.1, 0.15) is 10.4 Å². The van der Waals surface area contributed by atoms with Crippen LogP contribution in [0.15, 0.2) is 115 Å². The van der Waals surface area contributed by atoms with Gasteiger partial charge in [-0.05, 0) is 24.3 Å². The molecule has 4 aromatic carbocycles. The summed E-state index contributed by atoms with van der Waals surface area (Å²) in [5, 5.41) is 9.30. The van der Waals surface area contributed by atoms with Crippen LogP contribution < -0.4 is 0 Å². The Labute approximate surface area is 186 Å². The van der Waals surface area contributed by atoms with E-state index in [-0.39, 0.29) is 5.56 Å². The second-order valence-electron chi connectivity index (χ2n) is 7.42. The van der Waals surface area contributed by atoms with Crippen molar-refractivity contribution >= 4 is 5.97 Å². The Kier molecular flexibility index (Phi) is 5.10. The number of hydrogen-bond acceptors (Lipinski definition) is 2. The van der Waals surface area contributed by atoms with Gasteiger partial charge in [0.25, 0.3) is 0 Å². The van der Waals surface area contributed by atoms with E-state index in [9.17, 15) is 9.90 Å². The van der Waals surface area contributed by atoms with Crippen molar-refractivity contribution in [3.8, 4) is 39.6 Å². The van der Waals surface area contributed by atoms with Gasteiger partial charge >= 0.3 is 5.97 Å². The molecule has 5 rings (SSSR count). The lowest BCUT2D eigenvalue weighted by molar-refractivity contribution is 0.0697. The van der Waals surface area contributed by atoms with Gasteiger partial charge in [0.15, 0.2) is 0 Å². The van der Waals surface area contributed by atoms with Crippen LogP contribution in [0.25, 0.3) is 39.6 Å². The molecule has 0 amide bonds. The van der Waals surface area contributed by atoms with Crippen molar-refractivity contribution in [3.05, 3.63) is 121 Å². The largest absolute Gasteiger partial charge is 0.478 e. The number of carboxylic acids is 1. The number of nitrogens with zero attached hydrogens (tertiary/aromatic N) is 2. The molecule has 0 aliphatic rings. The number of rotatable bonds is 5. The first-order valence-corrected chi connectivity index (χ1v) is 10.3. The molecule has 0 radical (unpaired) electrons. The predicted octanol–water partition coefficient (Wildman–Crippen LogP) is 6.57. The van der Waals surface area contributed by atoms with Gasteiger partial charge in [0, 0.05) is 22.4 Å². The third-order valence-electron chi connectivity index (χ3n) is 5.38. The van der Waals surface area contributed by atoms with Gasteiger partial charge in [-0.25, -0.2) is 9.78 Å². The number of benzene rings is 4. The Morgan fingerprint density at radius 3 is 1.72 bits per heavy atom. The summed E-state index contributed by atoms with van der Waals surface area (Å²) >= 11 is 0. The maximum absolute atomic E-state index is 11.3. The quantitative estimate of drug-likeness (QED) is 0.352. The van der Waals surface area contributed by atoms with Crippen molar-refractivity contribution in [2.45, 2.75) is 0 Å². The zero-order valence-electron chi connectivity index (χ0n) is 17.2. The minimum absolute atomic E-state index is 0.248. The SMILES string of the molecule is O=C(O)c1ccc(-c2nc(-c3ccccc3)c(-c3ccccc3)n2-c2ccccc2)cc1. The minimum atomic E-state index is -0.946. The third kappa shape index (κ3) is 3.59. The maximum atomic E-state index is 11.3. The van der Waals surface area contributed by atoms with E-state index < -0.39 is 5.97 Å². The Balaban J connectivity index is 1.84. The van der Waals surface area contributed by atoms with Crippen LogP contribution in [0.3, 0.4) is 0 Å². The summed E-state index contributed by atoms with van der Waals surface area (Å²) in [7, 11) is 0. The minimum Gasteiger partial charge on any atom is -0.478 e. The molecule has 0 unspecified atom stereocenters. The number of imidazole rings is 1. The van der Waals surface area contributed by atoms with Gasteiger partial charge < -0.3 is 5.11 Å². The summed E-state index contributed by atoms with van der Waals surface area (Å²) in [5.74, 6) is -0.191. The average molecular weight is 416 g/mol. The van der Waals surface area contributed by atoms with Crippen LogP contribution in [0.4, 0.5) is 0 Å². The van der Waals surface area contributed by atoms with Crippen LogP contribution in [0.2, 0.25) is 0 Å². The number of para-hydroxylation sites is 1. The van der Waals surface area contributed by atoms with E-state index in [0.717, 1.165) is 39.6 Å². The molecular formula is C28H20N2O2. The molecule has 5 aromatic rings. The lowest BCUT2D eigenvalue weighted by atomic mass is 10.0. The van der Waals surface area contributed by atoms with Crippen molar-refractivity contribution in [2.75, 3.05) is 0 Å². The van der Waals surface area contributed by atoms with Gasteiger partial charge in [-0.1, -0.05) is 91.0 Å². The maximum Gasteiger partial charge on any atom is 0.335 e. The Hall–Kier alpha value is -4.44. The molecule has 32 heavy (non-hydrogen) atoms. The van der Waals surface area contributed by atoms with E-state index in [0.29, 0.717) is 0 Å². The van der Waals surface area contributed by atoms with Crippen molar-refractivity contribution in [1.82, 2.24) is 9.55 Å². The number of hydrogen-bond donors (Lipinski definition) is 1. The zero-order chi connectivity index (χ0) is 21.9. The van der Waals surface area contributed by atoms with E-state index in [4.69, 9.17) is 4.98 Å². The first-order valence-electron chi connectivity index (χ1n) is 10.3. The van der Waals surface area contributed by atoms with Crippen LogP contribution in [-0.4, -0.2) is 20.6 Å². The summed E-state index contributed by atoms with van der Waals surface area (Å²) in [6, 6.07) is 37.3. The van der Waals surface area contributed by atoms with Crippen molar-refractivity contribution in [1.29, 1.82) is 0 Å². The van der Waals surface area contributed by atoms with Gasteiger partial charge in [0.05, 0.1) is 17.0 Å². The van der Waals surface area contributed by atoms with Crippen LogP contribution in [0.5, 0.6) is 0 Å². The van der Waals surface area contributed by atoms with Crippen LogP contribution in [0, 0.1) is 0 Å². The lowest BCUT2D eigenvalue weighted by Crippen LogP contribution is -2.01. The van der Waals surface area contributed by atoms with Gasteiger partial charge in [-0.3, -0.25) is 4.57 Å². The second-order valence-corrected chi connectivity index (χ2v) is 7.42. The summed E-state index contributed by atoms with van der Waals surface area (Å²) in [4.78, 5) is 16.4. The van der Waals surface area contributed by atoms with Crippen LogP contribution in [-0.2, 0) is 0 Å². The highest BCUT2D eigenvalue weighted by Crippen LogP contribution is 2.38. The van der Waals surface area contributed by atoms with E-state index in [1.807, 2.05) is 66.7 Å². The molecule has 1 aromatic heterocycles. The standard InChI is InChI=1S/C28H20N2O2/c31-28(32)23-18-16-22(17-19-23)27-29-25(20-10-4-1-5-11-20)26(21-12-6-2-7-13-21)30(27)24-14-8-3-9-15-24/h1-19H,(H,31,32). The molecule has 0 fully saturated rings. The summed E-state index contributed by atoms with van der Waals surface area (Å²) < 4.78 is 2.15. The fourth-order valence-corrected chi connectivity index (χ4v) is 3.86. The highest BCUT2D eigenvalue weighted by atomic mass is 16.4. The topological polar surface area (TPSA) is 55.1 Å². The van der Waals surface area contributed by atoms with Crippen LogP contribution >= 0.6 is 0 Å². The Morgan fingerprint density at radius 1 is 0.625 bits per heavy atom. The zero-order valence-corrected chi connectivity index (χ0v) is 17.2. The number of aromatic carboxylic acids is 1. The molecule has 1 N–H and O–H groups in total. The molecule has 0 atom stereocenters. The highest BCUT2D eigenvalue weighted by molar-refractivity contribution is 5.89. The molecule has 0 saturated carbocycles. The van der Waals surface area contributed by atoms with Crippen molar-refractivity contribution in [3.63, 3.8) is 0 Å². The highest BCUT2D eigenvalue weighted by Gasteiger charge is 2.22. The van der Waals surface area contributed by atoms with E-state index in [1.165, 1.54) is 0 Å². The van der Waals surface area contributed by atoms with E-state index in [1.54, 1.807) is 12.1 Å². The first-order chi connectivity index (χ1) is 15.7. The molecule has 0 bridgehead atoms. The smallest absolute Gasteiger partial charge is 0.335 e. The average Bonchev–Trinajstić information content (AvgIpc) is 3.26. The lowest BCUT2D eigenvalue weighted by Gasteiger charge is -2.13. The number of carboxylic acid groups (broad SMARTS) is 1. The second kappa shape index (κ2) is 8.36. The van der Waals surface area contributed by atoms with Gasteiger partial charge in [0.2, 0.25) is 0 Å². The predicted molar refractivity (Wildman–Crippen MR) is 127 cm³/mol. The molecule has 154 valence electrons. The number of aromatic nitrogens is 2. The fourth-order valence-electron chi connectivity index (χ4n) is 3.86. The Bertz CT molecular complexity index is 1360. The summed E-state index contributed by atoms with van der Waals surface area (Å²) in [6.45, 7) is 0. The normalized spacial score (nSPS) is 10.8. The molecule has 0 aliphatic heterocycles. The molecule has 1 heterocycles. The van der Waals surface area contributed by atoms with Crippen molar-refractivity contribution in [2.24, 2.45) is 0 Å².